The summed E-state index contributed by atoms with van der Waals surface area (Å²) in [6, 6.07) is 1.71. The fourth-order valence-corrected chi connectivity index (χ4v) is 2.75. The molecule has 0 aliphatic heterocycles. The molecule has 26 heavy (non-hydrogen) atoms. The van der Waals surface area contributed by atoms with Crippen molar-refractivity contribution in [3.8, 4) is 0 Å². The summed E-state index contributed by atoms with van der Waals surface area (Å²) >= 11 is 12.0. The average Bonchev–Trinajstić information content (AvgIpc) is 3.05. The summed E-state index contributed by atoms with van der Waals surface area (Å²) in [5.41, 5.74) is -0.120. The SMILES string of the molecule is CCNC(=NCc1cn(C)nc1C(F)(F)F)NCc1cc(Cl)c(Cl)n1C. The summed E-state index contributed by atoms with van der Waals surface area (Å²) in [6.45, 7) is 2.61. The number of alkyl halides is 3. The quantitative estimate of drug-likeness (QED) is 0.586. The molecule has 2 heterocycles. The third-order valence-corrected chi connectivity index (χ3v) is 4.42. The molecule has 0 saturated heterocycles. The molecule has 2 aromatic heterocycles. The molecule has 0 radical (unpaired) electrons. The number of nitrogens with one attached hydrogen (secondary N) is 2. The standard InChI is InChI=1S/C15H19Cl2F3N6/c1-4-21-14(23-7-10-5-11(16)13(17)26(10)3)22-6-9-8-25(2)24-12(9)15(18,19)20/h5,8H,4,6-7H2,1-3H3,(H2,21,22,23). The Morgan fingerprint density at radius 2 is 1.96 bits per heavy atom. The van der Waals surface area contributed by atoms with Crippen LogP contribution in [0.1, 0.15) is 23.9 Å². The fourth-order valence-electron chi connectivity index (χ4n) is 2.33. The predicted molar refractivity (Wildman–Crippen MR) is 95.3 cm³/mol. The fraction of sp³-hybridized carbons (Fsp3) is 0.467. The minimum Gasteiger partial charge on any atom is -0.357 e. The molecule has 0 aromatic carbocycles. The molecular weight excluding hydrogens is 392 g/mol. The first-order valence-corrected chi connectivity index (χ1v) is 8.50. The second-order valence-electron chi connectivity index (χ2n) is 5.56. The van der Waals surface area contributed by atoms with E-state index in [4.69, 9.17) is 23.2 Å². The van der Waals surface area contributed by atoms with Crippen molar-refractivity contribution in [2.24, 2.45) is 19.1 Å². The lowest BCUT2D eigenvalue weighted by Gasteiger charge is -2.12. The van der Waals surface area contributed by atoms with Crippen LogP contribution in [0.25, 0.3) is 0 Å². The molecule has 0 aliphatic carbocycles. The number of aliphatic imine (C=N–C) groups is 1. The molecule has 0 atom stereocenters. The number of rotatable bonds is 5. The molecule has 11 heteroatoms. The molecule has 0 spiro atoms. The summed E-state index contributed by atoms with van der Waals surface area (Å²) in [5.74, 6) is 0.373. The number of aryl methyl sites for hydroxylation is 1. The second-order valence-corrected chi connectivity index (χ2v) is 6.32. The van der Waals surface area contributed by atoms with Crippen molar-refractivity contribution in [1.82, 2.24) is 25.0 Å². The zero-order valence-electron chi connectivity index (χ0n) is 14.5. The van der Waals surface area contributed by atoms with Gasteiger partial charge in [0.05, 0.1) is 18.1 Å². The van der Waals surface area contributed by atoms with Crippen molar-refractivity contribution in [2.45, 2.75) is 26.2 Å². The van der Waals surface area contributed by atoms with Crippen LogP contribution in [-0.4, -0.2) is 26.9 Å². The van der Waals surface area contributed by atoms with Gasteiger partial charge in [0.2, 0.25) is 0 Å². The van der Waals surface area contributed by atoms with Gasteiger partial charge in [0.1, 0.15) is 5.15 Å². The van der Waals surface area contributed by atoms with Crippen molar-refractivity contribution in [1.29, 1.82) is 0 Å². The van der Waals surface area contributed by atoms with E-state index in [9.17, 15) is 13.2 Å². The first kappa shape index (κ1) is 20.4. The van der Waals surface area contributed by atoms with Crippen LogP contribution in [0.3, 0.4) is 0 Å². The highest BCUT2D eigenvalue weighted by Crippen LogP contribution is 2.30. The second kappa shape index (κ2) is 8.22. The van der Waals surface area contributed by atoms with Gasteiger partial charge in [0, 0.05) is 38.1 Å². The van der Waals surface area contributed by atoms with E-state index in [1.165, 1.54) is 13.2 Å². The zero-order chi connectivity index (χ0) is 19.5. The minimum atomic E-state index is -4.52. The Bertz CT molecular complexity index is 794. The van der Waals surface area contributed by atoms with Crippen molar-refractivity contribution in [2.75, 3.05) is 6.54 Å². The Morgan fingerprint density at radius 3 is 2.50 bits per heavy atom. The third-order valence-electron chi connectivity index (χ3n) is 3.58. The van der Waals surface area contributed by atoms with Crippen molar-refractivity contribution >= 4 is 29.2 Å². The van der Waals surface area contributed by atoms with Crippen LogP contribution in [0.5, 0.6) is 0 Å². The summed E-state index contributed by atoms with van der Waals surface area (Å²) in [6.07, 6.45) is -3.21. The van der Waals surface area contributed by atoms with Crippen LogP contribution in [-0.2, 0) is 33.4 Å². The largest absolute Gasteiger partial charge is 0.435 e. The highest BCUT2D eigenvalue weighted by atomic mass is 35.5. The van der Waals surface area contributed by atoms with E-state index in [1.807, 2.05) is 6.92 Å². The maximum Gasteiger partial charge on any atom is 0.435 e. The van der Waals surface area contributed by atoms with Crippen LogP contribution < -0.4 is 10.6 Å². The predicted octanol–water partition coefficient (Wildman–Crippen LogP) is 3.34. The van der Waals surface area contributed by atoms with Crippen LogP contribution in [0.2, 0.25) is 10.2 Å². The highest BCUT2D eigenvalue weighted by molar-refractivity contribution is 6.41. The van der Waals surface area contributed by atoms with Gasteiger partial charge in [-0.2, -0.15) is 18.3 Å². The number of guanidine groups is 1. The maximum absolute atomic E-state index is 13.0. The molecule has 0 fully saturated rings. The molecule has 0 amide bonds. The van der Waals surface area contributed by atoms with Crippen LogP contribution in [0, 0.1) is 0 Å². The van der Waals surface area contributed by atoms with E-state index in [0.717, 1.165) is 10.4 Å². The molecule has 2 N–H and O–H groups in total. The van der Waals surface area contributed by atoms with Gasteiger partial charge < -0.3 is 15.2 Å². The van der Waals surface area contributed by atoms with Crippen LogP contribution in [0.4, 0.5) is 13.2 Å². The Balaban J connectivity index is 2.13. The van der Waals surface area contributed by atoms with Crippen LogP contribution in [0.15, 0.2) is 17.3 Å². The van der Waals surface area contributed by atoms with Crippen molar-refractivity contribution in [3.63, 3.8) is 0 Å². The van der Waals surface area contributed by atoms with Gasteiger partial charge in [-0.3, -0.25) is 4.68 Å². The first-order chi connectivity index (χ1) is 12.1. The summed E-state index contributed by atoms with van der Waals surface area (Å²) in [4.78, 5) is 4.21. The van der Waals surface area contributed by atoms with Gasteiger partial charge >= 0.3 is 6.18 Å². The van der Waals surface area contributed by atoms with Gasteiger partial charge in [-0.15, -0.1) is 0 Å². The number of aromatic nitrogens is 3. The van der Waals surface area contributed by atoms with E-state index < -0.39 is 11.9 Å². The molecule has 0 unspecified atom stereocenters. The normalized spacial score (nSPS) is 12.5. The van der Waals surface area contributed by atoms with Crippen molar-refractivity contribution < 1.29 is 13.2 Å². The summed E-state index contributed by atoms with van der Waals surface area (Å²) < 4.78 is 41.9. The number of hydrogen-bond donors (Lipinski definition) is 2. The highest BCUT2D eigenvalue weighted by Gasteiger charge is 2.36. The maximum atomic E-state index is 13.0. The molecule has 144 valence electrons. The number of halogens is 5. The van der Waals surface area contributed by atoms with E-state index in [2.05, 4.69) is 20.7 Å². The van der Waals surface area contributed by atoms with Gasteiger partial charge in [-0.05, 0) is 13.0 Å². The lowest BCUT2D eigenvalue weighted by molar-refractivity contribution is -0.142. The molecule has 6 nitrogen and oxygen atoms in total. The monoisotopic (exact) mass is 410 g/mol. The average molecular weight is 411 g/mol. The minimum absolute atomic E-state index is 0.00200. The molecule has 0 aliphatic rings. The molecular formula is C15H19Cl2F3N6. The summed E-state index contributed by atoms with van der Waals surface area (Å²) in [5, 5.41) is 10.3. The van der Waals surface area contributed by atoms with Gasteiger partial charge in [-0.1, -0.05) is 23.2 Å². The summed E-state index contributed by atoms with van der Waals surface area (Å²) in [7, 11) is 3.20. The molecule has 0 bridgehead atoms. The lowest BCUT2D eigenvalue weighted by Crippen LogP contribution is -2.37. The number of hydrogen-bond acceptors (Lipinski definition) is 2. The molecule has 2 rings (SSSR count). The first-order valence-electron chi connectivity index (χ1n) is 7.75. The van der Waals surface area contributed by atoms with Crippen molar-refractivity contribution in [3.05, 3.63) is 39.4 Å². The lowest BCUT2D eigenvalue weighted by atomic mass is 10.2. The van der Waals surface area contributed by atoms with Gasteiger partial charge in [-0.25, -0.2) is 4.99 Å². The number of nitrogens with zero attached hydrogens (tertiary/aromatic N) is 4. The topological polar surface area (TPSA) is 59.2 Å². The van der Waals surface area contributed by atoms with E-state index >= 15 is 0 Å². The molecule has 2 aromatic rings. The third kappa shape index (κ3) is 4.85. The molecule has 0 saturated carbocycles. The Morgan fingerprint density at radius 1 is 1.27 bits per heavy atom. The smallest absolute Gasteiger partial charge is 0.357 e. The van der Waals surface area contributed by atoms with E-state index in [-0.39, 0.29) is 12.1 Å². The Kier molecular flexibility index (Phi) is 6.46. The van der Waals surface area contributed by atoms with Gasteiger partial charge in [0.25, 0.3) is 0 Å². The van der Waals surface area contributed by atoms with Crippen LogP contribution >= 0.6 is 23.2 Å². The zero-order valence-corrected chi connectivity index (χ0v) is 16.0. The Labute approximate surface area is 159 Å². The van der Waals surface area contributed by atoms with E-state index in [0.29, 0.717) is 29.2 Å². The van der Waals surface area contributed by atoms with Gasteiger partial charge in [0.15, 0.2) is 11.7 Å². The van der Waals surface area contributed by atoms with E-state index in [1.54, 1.807) is 17.7 Å². The Hall–Kier alpha value is -1.87.